The number of hydrogen-bond donors (Lipinski definition) is 0. The fraction of sp³-hybridized carbons (Fsp3) is 0.585. The van der Waals surface area contributed by atoms with Gasteiger partial charge in [-0.3, -0.25) is 0 Å². The summed E-state index contributed by atoms with van der Waals surface area (Å²) in [6.07, 6.45) is 19.2. The van der Waals surface area contributed by atoms with Gasteiger partial charge < -0.3 is 28.5 Å². The van der Waals surface area contributed by atoms with E-state index in [1.807, 2.05) is 24.3 Å². The van der Waals surface area contributed by atoms with Crippen LogP contribution in [0.15, 0.2) is 55.1 Å². The van der Waals surface area contributed by atoms with E-state index in [2.05, 4.69) is 38.6 Å². The average molecular weight is 665 g/mol. The minimum absolute atomic E-state index is 0.233. The van der Waals surface area contributed by atoms with Crippen LogP contribution in [-0.4, -0.2) is 46.0 Å². The van der Waals surface area contributed by atoms with Crippen molar-refractivity contribution >= 4 is 18.5 Å². The lowest BCUT2D eigenvalue weighted by atomic mass is 9.77. The Morgan fingerprint density at radius 1 is 0.771 bits per heavy atom. The lowest BCUT2D eigenvalue weighted by Gasteiger charge is -2.29. The lowest BCUT2D eigenvalue weighted by molar-refractivity contribution is -0.137. The maximum atomic E-state index is 10.8. The van der Waals surface area contributed by atoms with E-state index in [1.54, 1.807) is 14.2 Å². The van der Waals surface area contributed by atoms with Gasteiger partial charge in [-0.2, -0.15) is 0 Å². The summed E-state index contributed by atoms with van der Waals surface area (Å²) in [6.45, 7) is 8.94. The van der Waals surface area contributed by atoms with Crippen LogP contribution in [0.1, 0.15) is 114 Å². The van der Waals surface area contributed by atoms with Crippen LogP contribution in [0, 0.1) is 24.7 Å². The minimum atomic E-state index is -0.354. The smallest absolute Gasteiger partial charge is 0.330 e. The molecule has 266 valence electrons. The molecule has 0 saturated heterocycles. The van der Waals surface area contributed by atoms with E-state index in [-0.39, 0.29) is 17.8 Å². The highest BCUT2D eigenvalue weighted by Gasteiger charge is 2.22. The molecule has 2 saturated carbocycles. The zero-order chi connectivity index (χ0) is 35.0. The summed E-state index contributed by atoms with van der Waals surface area (Å²) in [5, 5.41) is 0. The first kappa shape index (κ1) is 40.6. The van der Waals surface area contributed by atoms with Gasteiger partial charge in [-0.1, -0.05) is 38.5 Å². The molecule has 0 N–H and O–H groups in total. The van der Waals surface area contributed by atoms with E-state index in [4.69, 9.17) is 18.9 Å². The van der Waals surface area contributed by atoms with E-state index in [9.17, 15) is 14.4 Å². The zero-order valence-electron chi connectivity index (χ0n) is 30.0. The van der Waals surface area contributed by atoms with E-state index in [1.165, 1.54) is 55.7 Å². The molecule has 0 aromatic heterocycles. The Morgan fingerprint density at radius 2 is 1.35 bits per heavy atom. The maximum Gasteiger partial charge on any atom is 0.330 e. The van der Waals surface area contributed by atoms with Crippen LogP contribution in [0.25, 0.3) is 0 Å². The quantitative estimate of drug-likeness (QED) is 0.0764. The summed E-state index contributed by atoms with van der Waals surface area (Å²) < 4.78 is 20.9. The van der Waals surface area contributed by atoms with Crippen LogP contribution >= 0.6 is 0 Å². The molecule has 4 rings (SSSR count). The van der Waals surface area contributed by atoms with Crippen molar-refractivity contribution in [2.45, 2.75) is 110 Å². The number of methoxy groups -OCH3 is 2. The Bertz CT molecular complexity index is 1160. The molecule has 0 spiro atoms. The normalized spacial score (nSPS) is 20.0. The molecule has 0 bridgehead atoms. The van der Waals surface area contributed by atoms with Gasteiger partial charge in [0.25, 0.3) is 0 Å². The number of aldehydes is 2. The summed E-state index contributed by atoms with van der Waals surface area (Å²) >= 11 is 0. The highest BCUT2D eigenvalue weighted by molar-refractivity contribution is 5.81. The van der Waals surface area contributed by atoms with Crippen molar-refractivity contribution in [1.29, 1.82) is 0 Å². The summed E-state index contributed by atoms with van der Waals surface area (Å²) in [7, 11) is 3.39. The summed E-state index contributed by atoms with van der Waals surface area (Å²) in [4.78, 5) is 31.3. The molecule has 2 aromatic carbocycles. The van der Waals surface area contributed by atoms with Crippen molar-refractivity contribution in [2.24, 2.45) is 17.8 Å². The van der Waals surface area contributed by atoms with Gasteiger partial charge in [-0.25, -0.2) is 4.79 Å². The van der Waals surface area contributed by atoms with Crippen LogP contribution in [0.2, 0.25) is 0 Å². The van der Waals surface area contributed by atoms with Crippen molar-refractivity contribution in [3.05, 3.63) is 66.2 Å². The molecule has 0 aliphatic heterocycles. The van der Waals surface area contributed by atoms with Crippen LogP contribution < -0.4 is 14.2 Å². The largest absolute Gasteiger partial charge is 0.497 e. The monoisotopic (exact) mass is 664 g/mol. The molecular weight excluding hydrogens is 604 g/mol. The van der Waals surface area contributed by atoms with E-state index < -0.39 is 0 Å². The number of unbranched alkanes of at least 4 members (excludes halogenated alkanes) is 3. The van der Waals surface area contributed by atoms with E-state index in [0.717, 1.165) is 93.0 Å². The Balaban J connectivity index is 0.000000263. The van der Waals surface area contributed by atoms with Crippen molar-refractivity contribution in [3.8, 4) is 17.2 Å². The summed E-state index contributed by atoms with van der Waals surface area (Å²) in [5.74, 6) is 4.57. The molecule has 0 heterocycles. The zero-order valence-corrected chi connectivity index (χ0v) is 30.0. The molecule has 2 aromatic rings. The number of aryl methyl sites for hydroxylation is 1. The molecule has 0 unspecified atom stereocenters. The third-order valence-corrected chi connectivity index (χ3v) is 9.41. The topological polar surface area (TPSA) is 88.1 Å². The van der Waals surface area contributed by atoms with Crippen molar-refractivity contribution in [3.63, 3.8) is 0 Å². The SMILES string of the molecule is C=CC(=O)OCCCCCCOc1ccc(OC)cc1.CCCC1CCC(c2ccc(OC)c(C)c2)CC1.O=CC1CCC(C=O)CC1. The van der Waals surface area contributed by atoms with Gasteiger partial charge in [-0.05, 0) is 137 Å². The molecular formula is C41H60O7. The number of hydrogen-bond acceptors (Lipinski definition) is 7. The molecule has 2 aliphatic rings. The van der Waals surface area contributed by atoms with Gasteiger partial charge in [0.1, 0.15) is 29.8 Å². The highest BCUT2D eigenvalue weighted by atomic mass is 16.5. The number of rotatable bonds is 16. The molecule has 7 heteroatoms. The molecule has 2 aliphatic carbocycles. The maximum absolute atomic E-state index is 10.8. The van der Waals surface area contributed by atoms with Gasteiger partial charge in [-0.15, -0.1) is 0 Å². The molecule has 0 amide bonds. The second kappa shape index (κ2) is 24.5. The third-order valence-electron chi connectivity index (χ3n) is 9.41. The Morgan fingerprint density at radius 3 is 1.85 bits per heavy atom. The van der Waals surface area contributed by atoms with Gasteiger partial charge >= 0.3 is 5.97 Å². The standard InChI is InChI=1S/C17H26O.C16H22O4.C8H12O2/c1-4-5-14-6-8-15(9-7-14)16-10-11-17(18-3)13(2)12-16;1-3-16(17)20-13-7-5-4-6-12-19-15-10-8-14(18-2)9-11-15;9-5-7-1-2-8(6-10)4-3-7/h10-12,14-15H,4-9H2,1-3H3;3,8-11H,1,4-7,12-13H2,2H3;5-8H,1-4H2. The van der Waals surface area contributed by atoms with Crippen molar-refractivity contribution < 1.29 is 33.3 Å². The number of ether oxygens (including phenoxy) is 4. The van der Waals surface area contributed by atoms with Crippen LogP contribution in [-0.2, 0) is 19.1 Å². The lowest BCUT2D eigenvalue weighted by Crippen LogP contribution is -2.15. The Labute approximate surface area is 289 Å². The van der Waals surface area contributed by atoms with Gasteiger partial charge in [0.2, 0.25) is 0 Å². The van der Waals surface area contributed by atoms with E-state index in [0.29, 0.717) is 13.2 Å². The second-order valence-corrected chi connectivity index (χ2v) is 13.0. The predicted molar refractivity (Wildman–Crippen MR) is 193 cm³/mol. The predicted octanol–water partition coefficient (Wildman–Crippen LogP) is 9.63. The van der Waals surface area contributed by atoms with Crippen LogP contribution in [0.3, 0.4) is 0 Å². The van der Waals surface area contributed by atoms with Crippen molar-refractivity contribution in [1.82, 2.24) is 0 Å². The Kier molecular flexibility index (Phi) is 20.7. The number of esters is 1. The van der Waals surface area contributed by atoms with Crippen LogP contribution in [0.5, 0.6) is 17.2 Å². The molecule has 0 atom stereocenters. The fourth-order valence-corrected chi connectivity index (χ4v) is 6.42. The summed E-state index contributed by atoms with van der Waals surface area (Å²) in [6, 6.07) is 14.3. The first-order chi connectivity index (χ1) is 23.4. The average Bonchev–Trinajstić information content (AvgIpc) is 3.13. The molecule has 7 nitrogen and oxygen atoms in total. The first-order valence-electron chi connectivity index (χ1n) is 18.0. The Hall–Kier alpha value is -3.61. The molecule has 0 radical (unpaired) electrons. The third kappa shape index (κ3) is 16.0. The van der Waals surface area contributed by atoms with E-state index >= 15 is 0 Å². The highest BCUT2D eigenvalue weighted by Crippen LogP contribution is 2.38. The minimum Gasteiger partial charge on any atom is -0.497 e. The second-order valence-electron chi connectivity index (χ2n) is 13.0. The van der Waals surface area contributed by atoms with Gasteiger partial charge in [0, 0.05) is 17.9 Å². The molecule has 48 heavy (non-hydrogen) atoms. The molecule has 2 fully saturated rings. The van der Waals surface area contributed by atoms with Crippen LogP contribution in [0.4, 0.5) is 0 Å². The number of carbonyl (C=O) groups is 3. The van der Waals surface area contributed by atoms with Gasteiger partial charge in [0.15, 0.2) is 0 Å². The summed E-state index contributed by atoms with van der Waals surface area (Å²) in [5.41, 5.74) is 2.79. The van der Waals surface area contributed by atoms with Crippen molar-refractivity contribution in [2.75, 3.05) is 27.4 Å². The first-order valence-corrected chi connectivity index (χ1v) is 18.0. The number of carbonyl (C=O) groups excluding carboxylic acids is 3. The number of benzene rings is 2. The fourth-order valence-electron chi connectivity index (χ4n) is 6.42. The van der Waals surface area contributed by atoms with Gasteiger partial charge in [0.05, 0.1) is 27.4 Å².